The van der Waals surface area contributed by atoms with Gasteiger partial charge in [-0.2, -0.15) is 4.98 Å². The van der Waals surface area contributed by atoms with Gasteiger partial charge in [0.25, 0.3) is 0 Å². The number of nitrogen functional groups attached to an aromatic ring is 1. The largest absolute Gasteiger partial charge is 0.368 e. The molecule has 0 aliphatic heterocycles. The van der Waals surface area contributed by atoms with Crippen molar-refractivity contribution in [2.24, 2.45) is 11.6 Å². The third kappa shape index (κ3) is 2.79. The van der Waals surface area contributed by atoms with Gasteiger partial charge < -0.3 is 10.6 Å². The summed E-state index contributed by atoms with van der Waals surface area (Å²) in [5, 5.41) is 11.0. The van der Waals surface area contributed by atoms with Gasteiger partial charge in [-0.25, -0.2) is 10.8 Å². The Morgan fingerprint density at radius 3 is 2.61 bits per heavy atom. The fourth-order valence-corrected chi connectivity index (χ4v) is 1.40. The number of likely N-dealkylation sites (N-methyl/N-ethyl adjacent to an activating group) is 1. The predicted molar refractivity (Wildman–Crippen MR) is 63.7 cm³/mol. The average molecular weight is 255 g/mol. The Kier molecular flexibility index (Phi) is 3.94. The highest BCUT2D eigenvalue weighted by Crippen LogP contribution is 2.28. The van der Waals surface area contributed by atoms with Crippen LogP contribution in [0.3, 0.4) is 0 Å². The van der Waals surface area contributed by atoms with Crippen molar-refractivity contribution in [3.63, 3.8) is 0 Å². The second-order valence-electron chi connectivity index (χ2n) is 3.53. The zero-order chi connectivity index (χ0) is 13.9. The monoisotopic (exact) mass is 255 g/mol. The third-order valence-corrected chi connectivity index (χ3v) is 2.11. The van der Waals surface area contributed by atoms with Crippen molar-refractivity contribution >= 4 is 23.4 Å². The van der Waals surface area contributed by atoms with E-state index in [1.807, 2.05) is 0 Å². The molecule has 0 fully saturated rings. The Bertz CT molecular complexity index is 490. The molecule has 0 saturated carbocycles. The van der Waals surface area contributed by atoms with Gasteiger partial charge in [-0.15, -0.1) is 0 Å². The number of nitrogens with two attached hydrogens (primary N) is 2. The van der Waals surface area contributed by atoms with Crippen molar-refractivity contribution in [3.05, 3.63) is 15.8 Å². The standard InChI is InChI=1S/C8H13N7O3/c1-4-6(15(17)18)7(12-8(11-4)13-10)14(2)3-5(9)16/h3,10H2,1-2H3,(H2,9,16)(H,11,12,13). The number of nitrogens with one attached hydrogen (secondary N) is 1. The smallest absolute Gasteiger partial charge is 0.332 e. The highest BCUT2D eigenvalue weighted by Gasteiger charge is 2.25. The van der Waals surface area contributed by atoms with Gasteiger partial charge in [-0.05, 0) is 6.92 Å². The molecule has 0 saturated heterocycles. The van der Waals surface area contributed by atoms with Crippen LogP contribution < -0.4 is 21.9 Å². The fourth-order valence-electron chi connectivity index (χ4n) is 1.40. The molecular weight excluding hydrogens is 242 g/mol. The van der Waals surface area contributed by atoms with E-state index in [1.54, 1.807) is 0 Å². The highest BCUT2D eigenvalue weighted by atomic mass is 16.6. The number of aromatic nitrogens is 2. The van der Waals surface area contributed by atoms with E-state index in [2.05, 4.69) is 15.4 Å². The number of carbonyl (C=O) groups excluding carboxylic acids is 1. The third-order valence-electron chi connectivity index (χ3n) is 2.11. The molecule has 10 heteroatoms. The molecule has 0 aliphatic rings. The lowest BCUT2D eigenvalue weighted by Crippen LogP contribution is -2.32. The number of nitrogens with zero attached hydrogens (tertiary/aromatic N) is 4. The number of carbonyl (C=O) groups is 1. The summed E-state index contributed by atoms with van der Waals surface area (Å²) in [6.07, 6.45) is 0. The molecule has 18 heavy (non-hydrogen) atoms. The molecule has 1 amide bonds. The predicted octanol–water partition coefficient (Wildman–Crippen LogP) is -1.10. The molecule has 0 spiro atoms. The molecule has 5 N–H and O–H groups in total. The molecule has 0 aromatic carbocycles. The van der Waals surface area contributed by atoms with Gasteiger partial charge >= 0.3 is 5.69 Å². The summed E-state index contributed by atoms with van der Waals surface area (Å²) in [5.74, 6) is 4.52. The summed E-state index contributed by atoms with van der Waals surface area (Å²) in [4.78, 5) is 30.1. The maximum absolute atomic E-state index is 11.0. The molecular formula is C8H13N7O3. The normalized spacial score (nSPS) is 9.94. The molecule has 1 heterocycles. The van der Waals surface area contributed by atoms with Gasteiger partial charge in [-0.1, -0.05) is 0 Å². The minimum atomic E-state index is -0.634. The van der Waals surface area contributed by atoms with Gasteiger partial charge in [0.15, 0.2) is 0 Å². The summed E-state index contributed by atoms with van der Waals surface area (Å²) in [6.45, 7) is 1.24. The zero-order valence-electron chi connectivity index (χ0n) is 9.88. The number of primary amides is 1. The van der Waals surface area contributed by atoms with Gasteiger partial charge in [-0.3, -0.25) is 20.3 Å². The number of hydrogen-bond acceptors (Lipinski definition) is 8. The molecule has 1 aromatic rings. The van der Waals surface area contributed by atoms with Crippen molar-refractivity contribution in [3.8, 4) is 0 Å². The summed E-state index contributed by atoms with van der Waals surface area (Å²) in [6, 6.07) is 0. The van der Waals surface area contributed by atoms with E-state index in [1.165, 1.54) is 18.9 Å². The van der Waals surface area contributed by atoms with E-state index in [9.17, 15) is 14.9 Å². The van der Waals surface area contributed by atoms with E-state index in [0.717, 1.165) is 0 Å². The summed E-state index contributed by atoms with van der Waals surface area (Å²) >= 11 is 0. The van der Waals surface area contributed by atoms with Crippen LogP contribution in [0.1, 0.15) is 5.69 Å². The van der Waals surface area contributed by atoms with Crippen molar-refractivity contribution in [1.82, 2.24) is 9.97 Å². The molecule has 10 nitrogen and oxygen atoms in total. The number of hydrogen-bond donors (Lipinski definition) is 3. The van der Waals surface area contributed by atoms with Crippen LogP contribution in [0.5, 0.6) is 0 Å². The lowest BCUT2D eigenvalue weighted by molar-refractivity contribution is -0.385. The van der Waals surface area contributed by atoms with Crippen LogP contribution in [0.2, 0.25) is 0 Å². The van der Waals surface area contributed by atoms with E-state index < -0.39 is 10.8 Å². The lowest BCUT2D eigenvalue weighted by Gasteiger charge is -2.17. The van der Waals surface area contributed by atoms with Gasteiger partial charge in [0.05, 0.1) is 11.5 Å². The fraction of sp³-hybridized carbons (Fsp3) is 0.375. The number of anilines is 2. The average Bonchev–Trinajstić information content (AvgIpc) is 2.26. The molecule has 0 atom stereocenters. The van der Waals surface area contributed by atoms with Crippen LogP contribution in [0, 0.1) is 17.0 Å². The van der Waals surface area contributed by atoms with Crippen molar-refractivity contribution in [2.75, 3.05) is 23.9 Å². The van der Waals surface area contributed by atoms with Crippen molar-refractivity contribution in [2.45, 2.75) is 6.92 Å². The van der Waals surface area contributed by atoms with Gasteiger partial charge in [0, 0.05) is 7.05 Å². The number of aryl methyl sites for hydroxylation is 1. The van der Waals surface area contributed by atoms with Crippen LogP contribution in [-0.4, -0.2) is 34.4 Å². The van der Waals surface area contributed by atoms with Crippen LogP contribution in [0.4, 0.5) is 17.5 Å². The second kappa shape index (κ2) is 5.23. The minimum Gasteiger partial charge on any atom is -0.368 e. The van der Waals surface area contributed by atoms with Crippen LogP contribution in [0.15, 0.2) is 0 Å². The topological polar surface area (TPSA) is 153 Å². The Hall–Kier alpha value is -2.49. The Morgan fingerprint density at radius 2 is 2.17 bits per heavy atom. The molecule has 1 rings (SSSR count). The number of nitro groups is 1. The summed E-state index contributed by atoms with van der Waals surface area (Å²) < 4.78 is 0. The summed E-state index contributed by atoms with van der Waals surface area (Å²) in [5.41, 5.74) is 7.07. The first-order chi connectivity index (χ1) is 8.36. The molecule has 98 valence electrons. The first kappa shape index (κ1) is 13.6. The van der Waals surface area contributed by atoms with Crippen molar-refractivity contribution in [1.29, 1.82) is 0 Å². The van der Waals surface area contributed by atoms with E-state index in [0.29, 0.717) is 0 Å². The highest BCUT2D eigenvalue weighted by molar-refractivity contribution is 5.80. The van der Waals surface area contributed by atoms with Crippen LogP contribution in [-0.2, 0) is 4.79 Å². The first-order valence-corrected chi connectivity index (χ1v) is 4.86. The first-order valence-electron chi connectivity index (χ1n) is 4.86. The van der Waals surface area contributed by atoms with Gasteiger partial charge in [0.1, 0.15) is 5.69 Å². The van der Waals surface area contributed by atoms with Crippen molar-refractivity contribution < 1.29 is 9.72 Å². The van der Waals surface area contributed by atoms with Crippen LogP contribution in [0.25, 0.3) is 0 Å². The Labute approximate surface area is 102 Å². The molecule has 0 unspecified atom stereocenters. The number of hydrazine groups is 1. The SMILES string of the molecule is Cc1nc(NN)nc(N(C)CC(N)=O)c1[N+](=O)[O-]. The maximum atomic E-state index is 11.0. The molecule has 0 radical (unpaired) electrons. The Balaban J connectivity index is 3.33. The quantitative estimate of drug-likeness (QED) is 0.340. The van der Waals surface area contributed by atoms with Crippen LogP contribution >= 0.6 is 0 Å². The van der Waals surface area contributed by atoms with Gasteiger partial charge in [0.2, 0.25) is 17.7 Å². The number of amides is 1. The molecule has 0 bridgehead atoms. The van der Waals surface area contributed by atoms with E-state index in [4.69, 9.17) is 11.6 Å². The van der Waals surface area contributed by atoms with E-state index in [-0.39, 0.29) is 29.7 Å². The minimum absolute atomic E-state index is 0.0180. The summed E-state index contributed by atoms with van der Waals surface area (Å²) in [7, 11) is 1.46. The molecule has 1 aromatic heterocycles. The maximum Gasteiger partial charge on any atom is 0.332 e. The van der Waals surface area contributed by atoms with E-state index >= 15 is 0 Å². The second-order valence-corrected chi connectivity index (χ2v) is 3.53. The lowest BCUT2D eigenvalue weighted by atomic mass is 10.3. The number of rotatable bonds is 5. The Morgan fingerprint density at radius 1 is 1.56 bits per heavy atom. The zero-order valence-corrected chi connectivity index (χ0v) is 9.88. The molecule has 0 aliphatic carbocycles.